The summed E-state index contributed by atoms with van der Waals surface area (Å²) >= 11 is 24.0. The lowest BCUT2D eigenvalue weighted by molar-refractivity contribution is 0.105. The monoisotopic (exact) mass is 552 g/mol. The van der Waals surface area contributed by atoms with Crippen molar-refractivity contribution in [3.63, 3.8) is 0 Å². The molecule has 36 heavy (non-hydrogen) atoms. The van der Waals surface area contributed by atoms with Crippen LogP contribution in [-0.4, -0.2) is 23.0 Å². The van der Waals surface area contributed by atoms with Gasteiger partial charge in [0.2, 0.25) is 11.6 Å². The molecule has 0 radical (unpaired) electrons. The fourth-order valence-corrected chi connectivity index (χ4v) is 3.76. The highest BCUT2D eigenvalue weighted by Crippen LogP contribution is 2.18. The Labute approximate surface area is 227 Å². The summed E-state index contributed by atoms with van der Waals surface area (Å²) in [5.74, 6) is -0.792. The van der Waals surface area contributed by atoms with Crippen molar-refractivity contribution in [2.75, 3.05) is 0 Å². The molecule has 0 fully saturated rings. The van der Waals surface area contributed by atoms with Crippen LogP contribution in [0.1, 0.15) is 31.8 Å². The molecule has 0 amide bonds. The number of Topliss-reactive ketones (excluding diaryl/α,β-unsaturated/α-hetero) is 2. The van der Waals surface area contributed by atoms with Crippen LogP contribution < -0.4 is 0 Å². The van der Waals surface area contributed by atoms with Crippen LogP contribution in [0, 0.1) is 0 Å². The highest BCUT2D eigenvalue weighted by atomic mass is 35.5. The van der Waals surface area contributed by atoms with Gasteiger partial charge in [-0.1, -0.05) is 70.7 Å². The van der Waals surface area contributed by atoms with Crippen LogP contribution in [0.4, 0.5) is 0 Å². The van der Waals surface area contributed by atoms with E-state index in [-0.39, 0.29) is 11.4 Å². The Bertz CT molecular complexity index is 1350. The molecule has 0 atom stereocenters. The molecule has 0 aliphatic heterocycles. The van der Waals surface area contributed by atoms with Crippen LogP contribution in [0.15, 0.2) is 107 Å². The van der Waals surface area contributed by atoms with E-state index in [1.165, 1.54) is 0 Å². The second-order valence-electron chi connectivity index (χ2n) is 7.58. The number of halogens is 4. The Hall–Kier alpha value is -3.28. The van der Waals surface area contributed by atoms with Crippen molar-refractivity contribution in [2.45, 2.75) is 0 Å². The van der Waals surface area contributed by atoms with E-state index >= 15 is 0 Å². The summed E-state index contributed by atoms with van der Waals surface area (Å²) in [7, 11) is 0. The van der Waals surface area contributed by atoms with Crippen molar-refractivity contribution < 1.29 is 9.59 Å². The number of carbonyl (C=O) groups excluding carboxylic acids is 2. The highest BCUT2D eigenvalue weighted by Gasteiger charge is 2.20. The second-order valence-corrected chi connectivity index (χ2v) is 9.33. The third kappa shape index (κ3) is 6.28. The summed E-state index contributed by atoms with van der Waals surface area (Å²) < 4.78 is 0. The smallest absolute Gasteiger partial charge is 0.213 e. The second kappa shape index (κ2) is 11.6. The molecular weight excluding hydrogens is 538 g/mol. The van der Waals surface area contributed by atoms with Gasteiger partial charge in [0.25, 0.3) is 0 Å². The van der Waals surface area contributed by atoms with Gasteiger partial charge in [-0.3, -0.25) is 9.59 Å². The van der Waals surface area contributed by atoms with Gasteiger partial charge in [-0.2, -0.15) is 0 Å². The first kappa shape index (κ1) is 25.8. The molecule has 4 rings (SSSR count). The van der Waals surface area contributed by atoms with E-state index in [0.29, 0.717) is 42.3 Å². The van der Waals surface area contributed by atoms with Crippen LogP contribution in [0.25, 0.3) is 0 Å². The van der Waals surface area contributed by atoms with Gasteiger partial charge in [0.15, 0.2) is 0 Å². The number of benzene rings is 4. The molecule has 0 saturated heterocycles. The first-order chi connectivity index (χ1) is 17.3. The molecule has 4 aromatic rings. The normalized spacial score (nSPS) is 11.9. The minimum atomic E-state index is -0.396. The summed E-state index contributed by atoms with van der Waals surface area (Å²) in [5, 5.41) is 10.6. The van der Waals surface area contributed by atoms with Crippen molar-refractivity contribution in [1.29, 1.82) is 0 Å². The molecule has 178 valence electrons. The lowest BCUT2D eigenvalue weighted by Gasteiger charge is -2.08. The van der Waals surface area contributed by atoms with Crippen molar-refractivity contribution in [3.05, 3.63) is 139 Å². The predicted octanol–water partition coefficient (Wildman–Crippen LogP) is 8.26. The molecule has 0 spiro atoms. The first-order valence-corrected chi connectivity index (χ1v) is 12.1. The average Bonchev–Trinajstić information content (AvgIpc) is 2.88. The van der Waals surface area contributed by atoms with Gasteiger partial charge in [-0.25, -0.2) is 0 Å². The fourth-order valence-electron chi connectivity index (χ4n) is 3.26. The first-order valence-electron chi connectivity index (χ1n) is 10.6. The molecule has 0 N–H and O–H groups in total. The van der Waals surface area contributed by atoms with Gasteiger partial charge in [-0.15, -0.1) is 10.2 Å². The summed E-state index contributed by atoms with van der Waals surface area (Å²) in [4.78, 5) is 26.8. The zero-order valence-electron chi connectivity index (χ0n) is 18.5. The van der Waals surface area contributed by atoms with E-state index in [1.807, 2.05) is 0 Å². The maximum Gasteiger partial charge on any atom is 0.213 e. The van der Waals surface area contributed by atoms with Gasteiger partial charge in [0.05, 0.1) is 0 Å². The standard InChI is InChI=1S/C28H16Cl4N2O2/c29-21-9-1-17(2-10-21)25(27(35)19-5-13-23(31)14-6-19)33-34-26(18-3-11-22(30)12-4-18)28(36)20-7-15-24(32)16-8-20/h1-16H/b33-25+,34-26+. The summed E-state index contributed by atoms with van der Waals surface area (Å²) in [6.45, 7) is 0. The number of carbonyl (C=O) groups is 2. The number of rotatable bonds is 7. The Morgan fingerprint density at radius 1 is 0.389 bits per heavy atom. The van der Waals surface area contributed by atoms with Gasteiger partial charge < -0.3 is 0 Å². The Balaban J connectivity index is 1.86. The van der Waals surface area contributed by atoms with Gasteiger partial charge >= 0.3 is 0 Å². The molecule has 0 bridgehead atoms. The third-order valence-corrected chi connectivity index (χ3v) is 6.14. The van der Waals surface area contributed by atoms with E-state index in [1.54, 1.807) is 97.1 Å². The zero-order valence-corrected chi connectivity index (χ0v) is 21.5. The van der Waals surface area contributed by atoms with Gasteiger partial charge in [0, 0.05) is 42.3 Å². The summed E-state index contributed by atoms with van der Waals surface area (Å²) in [6, 6.07) is 26.0. The number of ketones is 2. The lowest BCUT2D eigenvalue weighted by Crippen LogP contribution is -2.18. The molecule has 4 nitrogen and oxygen atoms in total. The van der Waals surface area contributed by atoms with E-state index in [2.05, 4.69) is 10.2 Å². The van der Waals surface area contributed by atoms with Crippen LogP contribution in [0.3, 0.4) is 0 Å². The zero-order chi connectivity index (χ0) is 25.7. The quantitative estimate of drug-likeness (QED) is 0.131. The van der Waals surface area contributed by atoms with E-state index in [0.717, 1.165) is 0 Å². The van der Waals surface area contributed by atoms with E-state index in [4.69, 9.17) is 46.4 Å². The van der Waals surface area contributed by atoms with Crippen LogP contribution >= 0.6 is 46.4 Å². The Morgan fingerprint density at radius 2 is 0.611 bits per heavy atom. The minimum absolute atomic E-state index is 0.0318. The van der Waals surface area contributed by atoms with Crippen LogP contribution in [-0.2, 0) is 0 Å². The molecule has 0 heterocycles. The fraction of sp³-hybridized carbons (Fsp3) is 0. The summed E-state index contributed by atoms with van der Waals surface area (Å²) in [6.07, 6.45) is 0. The number of hydrogen-bond acceptors (Lipinski definition) is 4. The van der Waals surface area contributed by atoms with Crippen molar-refractivity contribution in [3.8, 4) is 0 Å². The van der Waals surface area contributed by atoms with Crippen molar-refractivity contribution >= 4 is 69.4 Å². The van der Waals surface area contributed by atoms with E-state index < -0.39 is 11.6 Å². The molecule has 0 aliphatic carbocycles. The average molecular weight is 554 g/mol. The molecule has 0 unspecified atom stereocenters. The number of nitrogens with zero attached hydrogens (tertiary/aromatic N) is 2. The molecule has 8 heteroatoms. The number of hydrogen-bond donors (Lipinski definition) is 0. The van der Waals surface area contributed by atoms with Crippen molar-refractivity contribution in [1.82, 2.24) is 0 Å². The maximum absolute atomic E-state index is 13.4. The maximum atomic E-state index is 13.4. The molecule has 0 aromatic heterocycles. The van der Waals surface area contributed by atoms with Crippen LogP contribution in [0.2, 0.25) is 20.1 Å². The third-order valence-electron chi connectivity index (χ3n) is 5.13. The Kier molecular flexibility index (Phi) is 8.34. The summed E-state index contributed by atoms with van der Waals surface area (Å²) in [5.41, 5.74) is 1.75. The molecule has 0 aliphatic rings. The SMILES string of the molecule is O=C(/C(=N/N=C(/C(=O)c1ccc(Cl)cc1)c1ccc(Cl)cc1)c1ccc(Cl)cc1)c1ccc(Cl)cc1. The highest BCUT2D eigenvalue weighted by molar-refractivity contribution is 6.53. The molecule has 0 saturated carbocycles. The lowest BCUT2D eigenvalue weighted by atomic mass is 10.0. The van der Waals surface area contributed by atoms with Crippen LogP contribution in [0.5, 0.6) is 0 Å². The minimum Gasteiger partial charge on any atom is -0.287 e. The largest absolute Gasteiger partial charge is 0.287 e. The van der Waals surface area contributed by atoms with E-state index in [9.17, 15) is 9.59 Å². The molecular formula is C28H16Cl4N2O2. The Morgan fingerprint density at radius 3 is 0.861 bits per heavy atom. The van der Waals surface area contributed by atoms with Crippen molar-refractivity contribution in [2.24, 2.45) is 10.2 Å². The topological polar surface area (TPSA) is 58.9 Å². The van der Waals surface area contributed by atoms with Gasteiger partial charge in [-0.05, 0) is 72.8 Å². The molecule has 4 aromatic carbocycles. The predicted molar refractivity (Wildman–Crippen MR) is 148 cm³/mol. The van der Waals surface area contributed by atoms with Gasteiger partial charge in [0.1, 0.15) is 11.4 Å².